The Morgan fingerprint density at radius 1 is 0.429 bits per heavy atom. The predicted molar refractivity (Wildman–Crippen MR) is 152 cm³/mol. The van der Waals surface area contributed by atoms with Gasteiger partial charge in [-0.1, -0.05) is 133 Å². The second kappa shape index (κ2) is 12.0. The SMILES string of the molecule is O=P(/C=C/CCC/C=C/P(=O)(c1ccccc1)c1ccccc1)(c1ccccc1)c1ccccc1. The monoisotopic (exact) mass is 496 g/mol. The molecule has 2 nitrogen and oxygen atoms in total. The summed E-state index contributed by atoms with van der Waals surface area (Å²) < 4.78 is 28.0. The van der Waals surface area contributed by atoms with E-state index in [0.29, 0.717) is 0 Å². The molecule has 4 heteroatoms. The van der Waals surface area contributed by atoms with Gasteiger partial charge in [-0.25, -0.2) is 0 Å². The normalized spacial score (nSPS) is 12.3. The summed E-state index contributed by atoms with van der Waals surface area (Å²) >= 11 is 0. The van der Waals surface area contributed by atoms with Gasteiger partial charge in [-0.2, -0.15) is 0 Å². The Kier molecular flexibility index (Phi) is 8.54. The highest BCUT2D eigenvalue weighted by Gasteiger charge is 2.24. The largest absolute Gasteiger partial charge is 0.309 e. The Balaban J connectivity index is 1.45. The minimum absolute atomic E-state index is 0.801. The minimum Gasteiger partial charge on any atom is -0.309 e. The summed E-state index contributed by atoms with van der Waals surface area (Å²) in [7, 11) is -5.66. The summed E-state index contributed by atoms with van der Waals surface area (Å²) in [6, 6.07) is 38.7. The fourth-order valence-electron chi connectivity index (χ4n) is 4.04. The molecule has 4 aromatic carbocycles. The van der Waals surface area contributed by atoms with Gasteiger partial charge in [-0.3, -0.25) is 0 Å². The molecule has 0 aliphatic heterocycles. The molecule has 0 saturated heterocycles. The van der Waals surface area contributed by atoms with Gasteiger partial charge in [0.15, 0.2) is 14.3 Å². The first kappa shape index (κ1) is 24.9. The molecule has 0 aliphatic carbocycles. The van der Waals surface area contributed by atoms with Gasteiger partial charge in [0.1, 0.15) is 0 Å². The van der Waals surface area contributed by atoms with Crippen molar-refractivity contribution in [1.29, 1.82) is 0 Å². The number of rotatable bonds is 10. The van der Waals surface area contributed by atoms with Gasteiger partial charge < -0.3 is 9.13 Å². The van der Waals surface area contributed by atoms with Crippen molar-refractivity contribution in [2.75, 3.05) is 0 Å². The van der Waals surface area contributed by atoms with Gasteiger partial charge >= 0.3 is 0 Å². The fourth-order valence-corrected chi connectivity index (χ4v) is 8.68. The zero-order chi connectivity index (χ0) is 24.4. The highest BCUT2D eigenvalue weighted by Crippen LogP contribution is 2.46. The highest BCUT2D eigenvalue weighted by atomic mass is 31.2. The molecule has 0 fully saturated rings. The topological polar surface area (TPSA) is 34.1 Å². The molecule has 0 amide bonds. The van der Waals surface area contributed by atoms with E-state index in [0.717, 1.165) is 40.5 Å². The summed E-state index contributed by atoms with van der Waals surface area (Å²) in [5.74, 6) is 3.78. The second-order valence-corrected chi connectivity index (χ2v) is 13.7. The van der Waals surface area contributed by atoms with Crippen molar-refractivity contribution < 1.29 is 9.13 Å². The lowest BCUT2D eigenvalue weighted by Crippen LogP contribution is -2.13. The molecule has 176 valence electrons. The van der Waals surface area contributed by atoms with E-state index in [1.165, 1.54) is 0 Å². The molecule has 0 N–H and O–H groups in total. The van der Waals surface area contributed by atoms with Crippen molar-refractivity contribution >= 4 is 35.5 Å². The average Bonchev–Trinajstić information content (AvgIpc) is 2.94. The summed E-state index contributed by atoms with van der Waals surface area (Å²) in [6.45, 7) is 0. The van der Waals surface area contributed by atoms with Crippen LogP contribution in [0.15, 0.2) is 145 Å². The van der Waals surface area contributed by atoms with Crippen LogP contribution in [-0.4, -0.2) is 0 Å². The first-order chi connectivity index (χ1) is 17.1. The molecule has 0 unspecified atom stereocenters. The first-order valence-corrected chi connectivity index (χ1v) is 15.5. The van der Waals surface area contributed by atoms with E-state index in [2.05, 4.69) is 0 Å². The minimum atomic E-state index is -2.83. The van der Waals surface area contributed by atoms with Gasteiger partial charge in [0.25, 0.3) is 0 Å². The maximum Gasteiger partial charge on any atom is 0.163 e. The summed E-state index contributed by atoms with van der Waals surface area (Å²) in [4.78, 5) is 0. The quantitative estimate of drug-likeness (QED) is 0.172. The molecule has 35 heavy (non-hydrogen) atoms. The second-order valence-electron chi connectivity index (χ2n) is 8.36. The number of hydrogen-bond acceptors (Lipinski definition) is 2. The summed E-state index contributed by atoms with van der Waals surface area (Å²) in [5.41, 5.74) is 0. The zero-order valence-electron chi connectivity index (χ0n) is 19.7. The standard InChI is InChI=1S/C31H30O2P2/c32-34(28-18-8-4-9-19-28,29-20-10-5-11-21-29)26-16-2-1-3-17-27-35(33,30-22-12-6-13-23-30)31-24-14-7-15-25-31/h4-27H,1-3H2/b26-16+,27-17+. The van der Waals surface area contributed by atoms with Crippen molar-refractivity contribution in [3.63, 3.8) is 0 Å². The van der Waals surface area contributed by atoms with E-state index in [1.54, 1.807) is 0 Å². The van der Waals surface area contributed by atoms with E-state index in [-0.39, 0.29) is 0 Å². The Morgan fingerprint density at radius 3 is 0.943 bits per heavy atom. The van der Waals surface area contributed by atoms with Gasteiger partial charge in [0.05, 0.1) is 0 Å². The molecule has 0 heterocycles. The van der Waals surface area contributed by atoms with Crippen LogP contribution in [0.25, 0.3) is 0 Å². The lowest BCUT2D eigenvalue weighted by Gasteiger charge is -2.15. The third kappa shape index (κ3) is 6.09. The van der Waals surface area contributed by atoms with Crippen LogP contribution >= 0.6 is 14.3 Å². The van der Waals surface area contributed by atoms with Crippen LogP contribution in [0, 0.1) is 0 Å². The van der Waals surface area contributed by atoms with Crippen molar-refractivity contribution in [2.45, 2.75) is 19.3 Å². The molecular formula is C31H30O2P2. The van der Waals surface area contributed by atoms with Gasteiger partial charge in [0, 0.05) is 21.2 Å². The Morgan fingerprint density at radius 2 is 0.686 bits per heavy atom. The molecule has 4 aromatic rings. The van der Waals surface area contributed by atoms with Crippen molar-refractivity contribution in [3.05, 3.63) is 145 Å². The highest BCUT2D eigenvalue weighted by molar-refractivity contribution is 7.81. The molecular weight excluding hydrogens is 466 g/mol. The van der Waals surface area contributed by atoms with Crippen LogP contribution in [0.4, 0.5) is 0 Å². The van der Waals surface area contributed by atoms with Crippen molar-refractivity contribution in [2.24, 2.45) is 0 Å². The van der Waals surface area contributed by atoms with Gasteiger partial charge in [0.2, 0.25) is 0 Å². The van der Waals surface area contributed by atoms with Gasteiger partial charge in [-0.05, 0) is 30.9 Å². The smallest absolute Gasteiger partial charge is 0.163 e. The summed E-state index contributed by atoms with van der Waals surface area (Å²) in [6.07, 6.45) is 6.55. The molecule has 4 rings (SSSR count). The number of allylic oxidation sites excluding steroid dienone is 2. The molecule has 0 spiro atoms. The Bertz CT molecular complexity index is 1150. The van der Waals surface area contributed by atoms with Crippen molar-refractivity contribution in [3.8, 4) is 0 Å². The molecule has 0 saturated carbocycles. The molecule has 0 radical (unpaired) electrons. The van der Waals surface area contributed by atoms with E-state index < -0.39 is 14.3 Å². The van der Waals surface area contributed by atoms with Gasteiger partial charge in [-0.15, -0.1) is 0 Å². The fraction of sp³-hybridized carbons (Fsp3) is 0.0968. The number of unbranched alkanes of at least 4 members (excludes halogenated alkanes) is 2. The molecule has 0 atom stereocenters. The van der Waals surface area contributed by atoms with E-state index in [4.69, 9.17) is 0 Å². The Labute approximate surface area is 208 Å². The number of hydrogen-bond donors (Lipinski definition) is 0. The van der Waals surface area contributed by atoms with Crippen LogP contribution in [0.3, 0.4) is 0 Å². The lowest BCUT2D eigenvalue weighted by atomic mass is 10.2. The molecule has 0 aliphatic rings. The zero-order valence-corrected chi connectivity index (χ0v) is 21.5. The van der Waals surface area contributed by atoms with E-state index >= 15 is 0 Å². The van der Waals surface area contributed by atoms with E-state index in [1.807, 2.05) is 145 Å². The van der Waals surface area contributed by atoms with Crippen LogP contribution in [0.1, 0.15) is 19.3 Å². The third-order valence-corrected chi connectivity index (χ3v) is 11.5. The van der Waals surface area contributed by atoms with E-state index in [9.17, 15) is 9.13 Å². The van der Waals surface area contributed by atoms with Crippen LogP contribution in [0.5, 0.6) is 0 Å². The predicted octanol–water partition coefficient (Wildman–Crippen LogP) is 7.21. The summed E-state index contributed by atoms with van der Waals surface area (Å²) in [5, 5.41) is 3.37. The maximum absolute atomic E-state index is 14.0. The van der Waals surface area contributed by atoms with Crippen molar-refractivity contribution in [1.82, 2.24) is 0 Å². The Hall–Kier alpha value is -3.18. The van der Waals surface area contributed by atoms with Crippen LogP contribution < -0.4 is 21.2 Å². The maximum atomic E-state index is 14.0. The lowest BCUT2D eigenvalue weighted by molar-refractivity contribution is 0.591. The molecule has 0 aromatic heterocycles. The third-order valence-electron chi connectivity index (χ3n) is 5.93. The van der Waals surface area contributed by atoms with Crippen LogP contribution in [0.2, 0.25) is 0 Å². The average molecular weight is 497 g/mol. The first-order valence-electron chi connectivity index (χ1n) is 11.9. The number of benzene rings is 4. The van der Waals surface area contributed by atoms with Crippen LogP contribution in [-0.2, 0) is 9.13 Å². The molecule has 0 bridgehead atoms.